The maximum Gasteiger partial charge on any atom is 0.0625 e. The normalized spacial score (nSPS) is 24.7. The molecule has 1 heterocycles. The summed E-state index contributed by atoms with van der Waals surface area (Å²) in [4.78, 5) is 2.40. The Kier molecular flexibility index (Phi) is 4.40. The Morgan fingerprint density at radius 1 is 1.44 bits per heavy atom. The Bertz CT molecular complexity index is 385. The van der Waals surface area contributed by atoms with Gasteiger partial charge in [-0.05, 0) is 32.4 Å². The van der Waals surface area contributed by atoms with E-state index in [1.54, 1.807) is 0 Å². The van der Waals surface area contributed by atoms with Gasteiger partial charge in [-0.3, -0.25) is 9.58 Å². The van der Waals surface area contributed by atoms with Gasteiger partial charge in [0.1, 0.15) is 0 Å². The Morgan fingerprint density at radius 2 is 2.17 bits per heavy atom. The number of hydrogen-bond donors (Lipinski definition) is 1. The molecule has 1 aliphatic carbocycles. The Hall–Kier alpha value is -0.870. The highest BCUT2D eigenvalue weighted by molar-refractivity contribution is 5.10. The minimum Gasteiger partial charge on any atom is -0.326 e. The summed E-state index contributed by atoms with van der Waals surface area (Å²) in [5.41, 5.74) is 8.70. The van der Waals surface area contributed by atoms with Crippen LogP contribution >= 0.6 is 0 Å². The summed E-state index contributed by atoms with van der Waals surface area (Å²) in [6.45, 7) is 3.09. The molecule has 2 unspecified atom stereocenters. The molecule has 0 saturated heterocycles. The second kappa shape index (κ2) is 5.85. The summed E-state index contributed by atoms with van der Waals surface area (Å²) in [6, 6.07) is 3.08. The van der Waals surface area contributed by atoms with Crippen molar-refractivity contribution >= 4 is 0 Å². The Morgan fingerprint density at radius 3 is 2.78 bits per heavy atom. The molecule has 1 aromatic rings. The molecule has 0 spiro atoms. The first-order valence-corrected chi connectivity index (χ1v) is 7.09. The molecular formula is C14H26N4. The van der Waals surface area contributed by atoms with E-state index in [4.69, 9.17) is 5.73 Å². The maximum absolute atomic E-state index is 6.24. The molecular weight excluding hydrogens is 224 g/mol. The monoisotopic (exact) mass is 250 g/mol. The van der Waals surface area contributed by atoms with Crippen LogP contribution in [-0.2, 0) is 20.0 Å². The summed E-state index contributed by atoms with van der Waals surface area (Å²) >= 11 is 0. The van der Waals surface area contributed by atoms with Crippen LogP contribution in [0.25, 0.3) is 0 Å². The van der Waals surface area contributed by atoms with Crippen LogP contribution in [0.4, 0.5) is 0 Å². The van der Waals surface area contributed by atoms with Gasteiger partial charge in [-0.1, -0.05) is 19.8 Å². The molecule has 102 valence electrons. The molecule has 0 radical (unpaired) electrons. The van der Waals surface area contributed by atoms with Crippen molar-refractivity contribution in [1.29, 1.82) is 0 Å². The highest BCUT2D eigenvalue weighted by Crippen LogP contribution is 2.22. The van der Waals surface area contributed by atoms with Gasteiger partial charge in [0.05, 0.1) is 11.4 Å². The molecule has 0 aromatic carbocycles. The zero-order chi connectivity index (χ0) is 13.1. The van der Waals surface area contributed by atoms with Crippen molar-refractivity contribution in [3.05, 3.63) is 17.5 Å². The van der Waals surface area contributed by atoms with E-state index < -0.39 is 0 Å². The van der Waals surface area contributed by atoms with Crippen molar-refractivity contribution < 1.29 is 0 Å². The quantitative estimate of drug-likeness (QED) is 0.884. The molecule has 2 rings (SSSR count). The van der Waals surface area contributed by atoms with Crippen LogP contribution in [-0.4, -0.2) is 33.8 Å². The smallest absolute Gasteiger partial charge is 0.0625 e. The number of aryl methyl sites for hydroxylation is 2. The fourth-order valence-corrected chi connectivity index (χ4v) is 2.95. The fourth-order valence-electron chi connectivity index (χ4n) is 2.95. The van der Waals surface area contributed by atoms with Crippen LogP contribution in [0.2, 0.25) is 0 Å². The van der Waals surface area contributed by atoms with Crippen LogP contribution in [0, 0.1) is 0 Å². The minimum atomic E-state index is 0.336. The standard InChI is InChI=1S/C14H26N4/c1-4-11-9-12(18(3)16-11)10-17(2)14-8-6-5-7-13(14)15/h9,13-14H,4-8,10,15H2,1-3H3. The van der Waals surface area contributed by atoms with Gasteiger partial charge in [-0.2, -0.15) is 5.10 Å². The van der Waals surface area contributed by atoms with Gasteiger partial charge < -0.3 is 5.73 Å². The number of likely N-dealkylation sites (N-methyl/N-ethyl adjacent to an activating group) is 1. The second-order valence-electron chi connectivity index (χ2n) is 5.53. The van der Waals surface area contributed by atoms with Crippen LogP contribution in [0.3, 0.4) is 0 Å². The number of hydrogen-bond acceptors (Lipinski definition) is 3. The average Bonchev–Trinajstić information content (AvgIpc) is 2.70. The molecule has 2 N–H and O–H groups in total. The van der Waals surface area contributed by atoms with Gasteiger partial charge in [-0.15, -0.1) is 0 Å². The van der Waals surface area contributed by atoms with Gasteiger partial charge in [0.15, 0.2) is 0 Å². The van der Waals surface area contributed by atoms with Gasteiger partial charge in [-0.25, -0.2) is 0 Å². The zero-order valence-electron chi connectivity index (χ0n) is 11.9. The third-order valence-corrected chi connectivity index (χ3v) is 4.15. The fraction of sp³-hybridized carbons (Fsp3) is 0.786. The number of nitrogens with two attached hydrogens (primary N) is 1. The van der Waals surface area contributed by atoms with Crippen molar-refractivity contribution in [3.8, 4) is 0 Å². The molecule has 0 aliphatic heterocycles. The first kappa shape index (κ1) is 13.6. The van der Waals surface area contributed by atoms with E-state index in [1.807, 2.05) is 11.7 Å². The number of aromatic nitrogens is 2. The minimum absolute atomic E-state index is 0.336. The van der Waals surface area contributed by atoms with Crippen LogP contribution in [0.1, 0.15) is 44.0 Å². The average molecular weight is 250 g/mol. The third kappa shape index (κ3) is 2.93. The molecule has 4 heteroatoms. The van der Waals surface area contributed by atoms with Crippen molar-refractivity contribution in [2.75, 3.05) is 7.05 Å². The lowest BCUT2D eigenvalue weighted by molar-refractivity contribution is 0.159. The van der Waals surface area contributed by atoms with Gasteiger partial charge in [0, 0.05) is 25.7 Å². The Balaban J connectivity index is 2.01. The van der Waals surface area contributed by atoms with E-state index in [9.17, 15) is 0 Å². The van der Waals surface area contributed by atoms with Crippen LogP contribution in [0.15, 0.2) is 6.07 Å². The van der Waals surface area contributed by atoms with E-state index in [1.165, 1.54) is 37.1 Å². The highest BCUT2D eigenvalue weighted by Gasteiger charge is 2.25. The van der Waals surface area contributed by atoms with E-state index in [0.717, 1.165) is 13.0 Å². The summed E-state index contributed by atoms with van der Waals surface area (Å²) in [6.07, 6.45) is 6.00. The first-order chi connectivity index (χ1) is 8.61. The Labute approximate surface area is 110 Å². The SMILES string of the molecule is CCc1cc(CN(C)C2CCCCC2N)n(C)n1. The molecule has 1 aliphatic rings. The van der Waals surface area contributed by atoms with E-state index in [-0.39, 0.29) is 0 Å². The predicted molar refractivity (Wildman–Crippen MR) is 74.3 cm³/mol. The zero-order valence-corrected chi connectivity index (χ0v) is 11.9. The lowest BCUT2D eigenvalue weighted by Crippen LogP contribution is -2.47. The molecule has 1 saturated carbocycles. The van der Waals surface area contributed by atoms with Gasteiger partial charge in [0.25, 0.3) is 0 Å². The van der Waals surface area contributed by atoms with Crippen molar-refractivity contribution in [3.63, 3.8) is 0 Å². The lowest BCUT2D eigenvalue weighted by Gasteiger charge is -2.35. The predicted octanol–water partition coefficient (Wildman–Crippen LogP) is 1.68. The molecule has 18 heavy (non-hydrogen) atoms. The summed E-state index contributed by atoms with van der Waals surface area (Å²) in [7, 11) is 4.22. The van der Waals surface area contributed by atoms with Gasteiger partial charge >= 0.3 is 0 Å². The largest absolute Gasteiger partial charge is 0.326 e. The number of nitrogens with zero attached hydrogens (tertiary/aromatic N) is 3. The summed E-state index contributed by atoms with van der Waals surface area (Å²) < 4.78 is 2.00. The summed E-state index contributed by atoms with van der Waals surface area (Å²) in [5, 5.41) is 4.51. The molecule has 0 amide bonds. The molecule has 1 fully saturated rings. The van der Waals surface area contributed by atoms with Crippen LogP contribution < -0.4 is 5.73 Å². The lowest BCUT2D eigenvalue weighted by atomic mass is 9.90. The third-order valence-electron chi connectivity index (χ3n) is 4.15. The van der Waals surface area contributed by atoms with Crippen molar-refractivity contribution in [2.24, 2.45) is 12.8 Å². The van der Waals surface area contributed by atoms with E-state index in [0.29, 0.717) is 12.1 Å². The van der Waals surface area contributed by atoms with Gasteiger partial charge in [0.2, 0.25) is 0 Å². The molecule has 0 bridgehead atoms. The number of rotatable bonds is 4. The topological polar surface area (TPSA) is 47.1 Å². The first-order valence-electron chi connectivity index (χ1n) is 7.09. The molecule has 4 nitrogen and oxygen atoms in total. The second-order valence-corrected chi connectivity index (χ2v) is 5.53. The van der Waals surface area contributed by atoms with E-state index in [2.05, 4.69) is 30.0 Å². The maximum atomic E-state index is 6.24. The highest BCUT2D eigenvalue weighted by atomic mass is 15.3. The molecule has 1 aromatic heterocycles. The van der Waals surface area contributed by atoms with Crippen LogP contribution in [0.5, 0.6) is 0 Å². The summed E-state index contributed by atoms with van der Waals surface area (Å²) in [5.74, 6) is 0. The van der Waals surface area contributed by atoms with Crippen molar-refractivity contribution in [2.45, 2.75) is 57.7 Å². The van der Waals surface area contributed by atoms with Crippen molar-refractivity contribution in [1.82, 2.24) is 14.7 Å². The van der Waals surface area contributed by atoms with E-state index >= 15 is 0 Å². The molecule has 2 atom stereocenters.